The van der Waals surface area contributed by atoms with Gasteiger partial charge in [-0.15, -0.1) is 5.10 Å². The van der Waals surface area contributed by atoms with Crippen LogP contribution >= 0.6 is 0 Å². The van der Waals surface area contributed by atoms with Crippen molar-refractivity contribution >= 4 is 5.82 Å². The molecule has 1 aromatic rings. The van der Waals surface area contributed by atoms with Crippen molar-refractivity contribution in [3.63, 3.8) is 0 Å². The average Bonchev–Trinajstić information content (AvgIpc) is 2.04. The van der Waals surface area contributed by atoms with E-state index in [1.54, 1.807) is 6.20 Å². The summed E-state index contributed by atoms with van der Waals surface area (Å²) in [6.45, 7) is 1.05. The molecular formula is C9H13N3. The van der Waals surface area contributed by atoms with Crippen molar-refractivity contribution in [2.24, 2.45) is 5.92 Å². The summed E-state index contributed by atoms with van der Waals surface area (Å²) < 4.78 is 0. The fraction of sp³-hybridized carbons (Fsp3) is 0.556. The standard InChI is InChI=1S/C9H13N3/c1-3-8(4-1)7-10-9-5-2-6-11-12-9/h2,5-6,8H,1,3-4,7H2,(H,10,12). The summed E-state index contributed by atoms with van der Waals surface area (Å²) in [6, 6.07) is 3.85. The topological polar surface area (TPSA) is 37.8 Å². The predicted octanol–water partition coefficient (Wildman–Crippen LogP) is 1.69. The Morgan fingerprint density at radius 1 is 1.50 bits per heavy atom. The van der Waals surface area contributed by atoms with Crippen LogP contribution in [0.2, 0.25) is 0 Å². The van der Waals surface area contributed by atoms with Crippen LogP contribution in [0.4, 0.5) is 5.82 Å². The highest BCUT2D eigenvalue weighted by Crippen LogP contribution is 2.25. The Morgan fingerprint density at radius 3 is 3.00 bits per heavy atom. The van der Waals surface area contributed by atoms with Gasteiger partial charge in [0.05, 0.1) is 0 Å². The van der Waals surface area contributed by atoms with Gasteiger partial charge in [-0.05, 0) is 30.9 Å². The van der Waals surface area contributed by atoms with Crippen molar-refractivity contribution in [1.29, 1.82) is 0 Å². The summed E-state index contributed by atoms with van der Waals surface area (Å²) in [5.74, 6) is 1.76. The molecule has 0 aliphatic heterocycles. The quantitative estimate of drug-likeness (QED) is 0.736. The summed E-state index contributed by atoms with van der Waals surface area (Å²) >= 11 is 0. The van der Waals surface area contributed by atoms with Gasteiger partial charge in [0.1, 0.15) is 5.82 Å². The molecule has 0 aromatic carbocycles. The molecule has 3 heteroatoms. The lowest BCUT2D eigenvalue weighted by atomic mass is 9.85. The monoisotopic (exact) mass is 163 g/mol. The van der Waals surface area contributed by atoms with Gasteiger partial charge in [0.25, 0.3) is 0 Å². The third-order valence-electron chi connectivity index (χ3n) is 2.37. The number of hydrogen-bond acceptors (Lipinski definition) is 3. The van der Waals surface area contributed by atoms with E-state index in [0.717, 1.165) is 18.3 Å². The van der Waals surface area contributed by atoms with Gasteiger partial charge >= 0.3 is 0 Å². The van der Waals surface area contributed by atoms with Gasteiger partial charge in [-0.3, -0.25) is 0 Å². The SMILES string of the molecule is c1cnnc(NCC2CCC2)c1. The molecule has 0 unspecified atom stereocenters. The van der Waals surface area contributed by atoms with E-state index in [1.165, 1.54) is 19.3 Å². The van der Waals surface area contributed by atoms with Gasteiger partial charge in [-0.25, -0.2) is 0 Å². The van der Waals surface area contributed by atoms with Crippen molar-refractivity contribution in [1.82, 2.24) is 10.2 Å². The molecule has 1 heterocycles. The largest absolute Gasteiger partial charge is 0.368 e. The Balaban J connectivity index is 1.79. The number of anilines is 1. The van der Waals surface area contributed by atoms with E-state index >= 15 is 0 Å². The molecule has 1 aromatic heterocycles. The molecule has 0 amide bonds. The molecule has 1 saturated carbocycles. The van der Waals surface area contributed by atoms with E-state index in [1.807, 2.05) is 12.1 Å². The highest BCUT2D eigenvalue weighted by Gasteiger charge is 2.16. The summed E-state index contributed by atoms with van der Waals surface area (Å²) in [4.78, 5) is 0. The number of nitrogens with one attached hydrogen (secondary N) is 1. The van der Waals surface area contributed by atoms with E-state index in [-0.39, 0.29) is 0 Å². The first-order valence-corrected chi connectivity index (χ1v) is 4.47. The van der Waals surface area contributed by atoms with Crippen LogP contribution in [0.25, 0.3) is 0 Å². The lowest BCUT2D eigenvalue weighted by molar-refractivity contribution is 0.333. The van der Waals surface area contributed by atoms with Crippen molar-refractivity contribution in [3.8, 4) is 0 Å². The van der Waals surface area contributed by atoms with E-state index < -0.39 is 0 Å². The molecule has 2 rings (SSSR count). The van der Waals surface area contributed by atoms with Gasteiger partial charge in [0.15, 0.2) is 0 Å². The Hall–Kier alpha value is -1.12. The number of nitrogens with zero attached hydrogens (tertiary/aromatic N) is 2. The highest BCUT2D eigenvalue weighted by molar-refractivity contribution is 5.31. The first-order chi connectivity index (χ1) is 5.95. The van der Waals surface area contributed by atoms with Crippen LogP contribution in [0.5, 0.6) is 0 Å². The second-order valence-electron chi connectivity index (χ2n) is 3.29. The molecule has 1 fully saturated rings. The molecule has 12 heavy (non-hydrogen) atoms. The maximum absolute atomic E-state index is 3.95. The van der Waals surface area contributed by atoms with Gasteiger partial charge < -0.3 is 5.32 Å². The van der Waals surface area contributed by atoms with Gasteiger partial charge in [-0.1, -0.05) is 6.42 Å². The van der Waals surface area contributed by atoms with Crippen LogP contribution in [-0.4, -0.2) is 16.7 Å². The zero-order valence-corrected chi connectivity index (χ0v) is 7.03. The average molecular weight is 163 g/mol. The van der Waals surface area contributed by atoms with Crippen LogP contribution in [0.3, 0.4) is 0 Å². The molecule has 3 nitrogen and oxygen atoms in total. The second kappa shape index (κ2) is 3.52. The van der Waals surface area contributed by atoms with E-state index in [9.17, 15) is 0 Å². The number of rotatable bonds is 3. The molecular weight excluding hydrogens is 150 g/mol. The summed E-state index contributed by atoms with van der Waals surface area (Å²) in [5, 5.41) is 11.0. The molecule has 0 radical (unpaired) electrons. The van der Waals surface area contributed by atoms with Crippen LogP contribution in [-0.2, 0) is 0 Å². The minimum Gasteiger partial charge on any atom is -0.368 e. The summed E-state index contributed by atoms with van der Waals surface area (Å²) in [6.07, 6.45) is 5.82. The Bertz CT molecular complexity index is 231. The van der Waals surface area contributed by atoms with Crippen molar-refractivity contribution in [2.45, 2.75) is 19.3 Å². The number of hydrogen-bond donors (Lipinski definition) is 1. The maximum Gasteiger partial charge on any atom is 0.148 e. The minimum absolute atomic E-state index is 0.868. The molecule has 1 aliphatic rings. The first-order valence-electron chi connectivity index (χ1n) is 4.47. The molecule has 1 aliphatic carbocycles. The van der Waals surface area contributed by atoms with Crippen molar-refractivity contribution < 1.29 is 0 Å². The molecule has 0 atom stereocenters. The highest BCUT2D eigenvalue weighted by atomic mass is 15.2. The molecule has 0 spiro atoms. The first kappa shape index (κ1) is 7.53. The fourth-order valence-corrected chi connectivity index (χ4v) is 1.34. The van der Waals surface area contributed by atoms with Crippen molar-refractivity contribution in [3.05, 3.63) is 18.3 Å². The summed E-state index contributed by atoms with van der Waals surface area (Å²) in [5.41, 5.74) is 0. The Kier molecular flexibility index (Phi) is 2.21. The Labute approximate surface area is 72.2 Å². The normalized spacial score (nSPS) is 17.0. The van der Waals surface area contributed by atoms with E-state index in [2.05, 4.69) is 15.5 Å². The third kappa shape index (κ3) is 1.72. The zero-order valence-electron chi connectivity index (χ0n) is 7.03. The van der Waals surface area contributed by atoms with E-state index in [4.69, 9.17) is 0 Å². The second-order valence-corrected chi connectivity index (χ2v) is 3.29. The number of aromatic nitrogens is 2. The van der Waals surface area contributed by atoms with Gasteiger partial charge in [0.2, 0.25) is 0 Å². The van der Waals surface area contributed by atoms with Crippen LogP contribution < -0.4 is 5.32 Å². The van der Waals surface area contributed by atoms with Gasteiger partial charge in [-0.2, -0.15) is 5.10 Å². The molecule has 0 bridgehead atoms. The summed E-state index contributed by atoms with van der Waals surface area (Å²) in [7, 11) is 0. The molecule has 64 valence electrons. The maximum atomic E-state index is 3.95. The lowest BCUT2D eigenvalue weighted by Gasteiger charge is -2.25. The van der Waals surface area contributed by atoms with Crippen LogP contribution in [0, 0.1) is 5.92 Å². The fourth-order valence-electron chi connectivity index (χ4n) is 1.34. The van der Waals surface area contributed by atoms with Crippen LogP contribution in [0.1, 0.15) is 19.3 Å². The van der Waals surface area contributed by atoms with Gasteiger partial charge in [0, 0.05) is 12.7 Å². The van der Waals surface area contributed by atoms with E-state index in [0.29, 0.717) is 0 Å². The third-order valence-corrected chi connectivity index (χ3v) is 2.37. The molecule has 1 N–H and O–H groups in total. The van der Waals surface area contributed by atoms with Crippen molar-refractivity contribution in [2.75, 3.05) is 11.9 Å². The zero-order chi connectivity index (χ0) is 8.23. The predicted molar refractivity (Wildman–Crippen MR) is 47.9 cm³/mol. The molecule has 0 saturated heterocycles. The van der Waals surface area contributed by atoms with Crippen LogP contribution in [0.15, 0.2) is 18.3 Å². The Morgan fingerprint density at radius 2 is 2.42 bits per heavy atom. The minimum atomic E-state index is 0.868. The smallest absolute Gasteiger partial charge is 0.148 e. The lowest BCUT2D eigenvalue weighted by Crippen LogP contribution is -2.21.